The Balaban J connectivity index is 2.42. The molecule has 0 radical (unpaired) electrons. The number of amides is 1. The first-order valence-electron chi connectivity index (χ1n) is 6.64. The molecule has 1 aliphatic heterocycles. The fourth-order valence-corrected chi connectivity index (χ4v) is 2.31. The minimum atomic E-state index is 0.0488. The third-order valence-electron chi connectivity index (χ3n) is 3.33. The van der Waals surface area contributed by atoms with Gasteiger partial charge in [0.05, 0.1) is 0 Å². The van der Waals surface area contributed by atoms with Crippen molar-refractivity contribution < 1.29 is 9.59 Å². The van der Waals surface area contributed by atoms with E-state index in [0.717, 1.165) is 25.9 Å². The van der Waals surface area contributed by atoms with Crippen molar-refractivity contribution in [2.24, 2.45) is 11.3 Å². The lowest BCUT2D eigenvalue weighted by Gasteiger charge is -2.33. The number of Topliss-reactive ketones (excluding diaryl/α,β-unsaturated/α-hetero) is 1. The van der Waals surface area contributed by atoms with Gasteiger partial charge >= 0.3 is 0 Å². The van der Waals surface area contributed by atoms with Crippen LogP contribution in [0.2, 0.25) is 0 Å². The van der Waals surface area contributed by atoms with Gasteiger partial charge in [-0.15, -0.1) is 0 Å². The van der Waals surface area contributed by atoms with Crippen LogP contribution in [-0.4, -0.2) is 29.7 Å². The van der Waals surface area contributed by atoms with Crippen molar-refractivity contribution in [2.75, 3.05) is 13.1 Å². The monoisotopic (exact) mass is 239 g/mol. The molecule has 0 aromatic heterocycles. The Morgan fingerprint density at radius 1 is 1.18 bits per heavy atom. The van der Waals surface area contributed by atoms with Crippen molar-refractivity contribution in [3.8, 4) is 0 Å². The first-order chi connectivity index (χ1) is 7.83. The molecule has 0 bridgehead atoms. The molecule has 17 heavy (non-hydrogen) atoms. The number of carbonyl (C=O) groups excluding carboxylic acids is 2. The second-order valence-corrected chi connectivity index (χ2v) is 6.21. The SMILES string of the molecule is CCC(=O)C1CCN(C(=O)CC(C)(C)C)CC1. The van der Waals surface area contributed by atoms with E-state index >= 15 is 0 Å². The Morgan fingerprint density at radius 2 is 1.71 bits per heavy atom. The summed E-state index contributed by atoms with van der Waals surface area (Å²) in [5.74, 6) is 0.784. The van der Waals surface area contributed by atoms with Gasteiger partial charge in [0.25, 0.3) is 0 Å². The van der Waals surface area contributed by atoms with E-state index in [1.165, 1.54) is 0 Å². The van der Waals surface area contributed by atoms with Gasteiger partial charge in [0.15, 0.2) is 0 Å². The maximum absolute atomic E-state index is 12.0. The Kier molecular flexibility index (Phi) is 4.72. The molecule has 0 aliphatic carbocycles. The van der Waals surface area contributed by atoms with Crippen molar-refractivity contribution in [3.63, 3.8) is 0 Å². The summed E-state index contributed by atoms with van der Waals surface area (Å²) in [6.45, 7) is 9.67. The molecular formula is C14H25NO2. The molecule has 1 rings (SSSR count). The maximum Gasteiger partial charge on any atom is 0.223 e. The molecule has 1 aliphatic rings. The van der Waals surface area contributed by atoms with E-state index < -0.39 is 0 Å². The summed E-state index contributed by atoms with van der Waals surface area (Å²) in [6, 6.07) is 0. The van der Waals surface area contributed by atoms with E-state index in [1.54, 1.807) is 0 Å². The fourth-order valence-electron chi connectivity index (χ4n) is 2.31. The molecule has 0 atom stereocenters. The average molecular weight is 239 g/mol. The highest BCUT2D eigenvalue weighted by Crippen LogP contribution is 2.24. The number of nitrogens with zero attached hydrogens (tertiary/aromatic N) is 1. The minimum Gasteiger partial charge on any atom is -0.343 e. The number of piperidine rings is 1. The zero-order valence-corrected chi connectivity index (χ0v) is 11.6. The largest absolute Gasteiger partial charge is 0.343 e. The molecule has 1 fully saturated rings. The summed E-state index contributed by atoms with van der Waals surface area (Å²) in [5.41, 5.74) is 0.0488. The summed E-state index contributed by atoms with van der Waals surface area (Å²) in [7, 11) is 0. The van der Waals surface area contributed by atoms with Crippen molar-refractivity contribution in [1.29, 1.82) is 0 Å². The smallest absolute Gasteiger partial charge is 0.223 e. The summed E-state index contributed by atoms with van der Waals surface area (Å²) >= 11 is 0. The molecule has 98 valence electrons. The summed E-state index contributed by atoms with van der Waals surface area (Å²) < 4.78 is 0. The second-order valence-electron chi connectivity index (χ2n) is 6.21. The van der Waals surface area contributed by atoms with E-state index in [9.17, 15) is 9.59 Å². The Labute approximate surface area is 105 Å². The van der Waals surface area contributed by atoms with Crippen LogP contribution < -0.4 is 0 Å². The minimum absolute atomic E-state index is 0.0488. The number of hydrogen-bond donors (Lipinski definition) is 0. The van der Waals surface area contributed by atoms with E-state index in [-0.39, 0.29) is 17.2 Å². The molecule has 0 N–H and O–H groups in total. The highest BCUT2D eigenvalue weighted by atomic mass is 16.2. The summed E-state index contributed by atoms with van der Waals surface area (Å²) in [4.78, 5) is 25.5. The molecule has 0 unspecified atom stereocenters. The van der Waals surface area contributed by atoms with Crippen molar-refractivity contribution >= 4 is 11.7 Å². The van der Waals surface area contributed by atoms with Crippen LogP contribution in [0.15, 0.2) is 0 Å². The van der Waals surface area contributed by atoms with E-state index in [1.807, 2.05) is 11.8 Å². The maximum atomic E-state index is 12.0. The number of rotatable bonds is 3. The molecule has 0 aromatic carbocycles. The molecule has 1 saturated heterocycles. The van der Waals surface area contributed by atoms with Crippen LogP contribution in [0.25, 0.3) is 0 Å². The number of likely N-dealkylation sites (tertiary alicyclic amines) is 1. The predicted octanol–water partition coefficient (Wildman–Crippen LogP) is 2.64. The number of ketones is 1. The van der Waals surface area contributed by atoms with Crippen LogP contribution in [-0.2, 0) is 9.59 Å². The van der Waals surface area contributed by atoms with E-state index in [0.29, 0.717) is 18.6 Å². The standard InChI is InChI=1S/C14H25NO2/c1-5-12(16)11-6-8-15(9-7-11)13(17)10-14(2,3)4/h11H,5-10H2,1-4H3. The zero-order chi connectivity index (χ0) is 13.1. The van der Waals surface area contributed by atoms with Crippen LogP contribution in [0.1, 0.15) is 53.4 Å². The van der Waals surface area contributed by atoms with Gasteiger partial charge in [0.1, 0.15) is 5.78 Å². The Morgan fingerprint density at radius 3 is 2.12 bits per heavy atom. The van der Waals surface area contributed by atoms with Crippen LogP contribution in [0.5, 0.6) is 0 Å². The van der Waals surface area contributed by atoms with Crippen LogP contribution in [0, 0.1) is 11.3 Å². The van der Waals surface area contributed by atoms with Gasteiger partial charge in [-0.3, -0.25) is 9.59 Å². The Bertz CT molecular complexity index is 283. The molecule has 1 amide bonds. The first kappa shape index (κ1) is 14.2. The third-order valence-corrected chi connectivity index (χ3v) is 3.33. The summed E-state index contributed by atoms with van der Waals surface area (Å²) in [5, 5.41) is 0. The predicted molar refractivity (Wildman–Crippen MR) is 68.7 cm³/mol. The summed E-state index contributed by atoms with van der Waals surface area (Å²) in [6.07, 6.45) is 2.92. The molecule has 0 spiro atoms. The lowest BCUT2D eigenvalue weighted by Crippen LogP contribution is -2.41. The quantitative estimate of drug-likeness (QED) is 0.759. The molecular weight excluding hydrogens is 214 g/mol. The molecule has 3 nitrogen and oxygen atoms in total. The molecule has 0 aromatic rings. The van der Waals surface area contributed by atoms with Gasteiger partial charge in [0, 0.05) is 31.8 Å². The van der Waals surface area contributed by atoms with Crippen molar-refractivity contribution in [1.82, 2.24) is 4.90 Å². The van der Waals surface area contributed by atoms with E-state index in [4.69, 9.17) is 0 Å². The number of carbonyl (C=O) groups is 2. The Hall–Kier alpha value is -0.860. The highest BCUT2D eigenvalue weighted by Gasteiger charge is 2.27. The normalized spacial score (nSPS) is 18.2. The van der Waals surface area contributed by atoms with Gasteiger partial charge in [-0.05, 0) is 18.3 Å². The van der Waals surface area contributed by atoms with Crippen LogP contribution in [0.4, 0.5) is 0 Å². The van der Waals surface area contributed by atoms with E-state index in [2.05, 4.69) is 20.8 Å². The zero-order valence-electron chi connectivity index (χ0n) is 11.6. The second kappa shape index (κ2) is 5.65. The lowest BCUT2D eigenvalue weighted by atomic mass is 9.89. The molecule has 1 heterocycles. The van der Waals surface area contributed by atoms with Gasteiger partial charge in [-0.1, -0.05) is 27.7 Å². The van der Waals surface area contributed by atoms with Crippen LogP contribution in [0.3, 0.4) is 0 Å². The van der Waals surface area contributed by atoms with Crippen molar-refractivity contribution in [2.45, 2.75) is 53.4 Å². The lowest BCUT2D eigenvalue weighted by molar-refractivity contribution is -0.136. The topological polar surface area (TPSA) is 37.4 Å². The van der Waals surface area contributed by atoms with Gasteiger partial charge < -0.3 is 4.90 Å². The third kappa shape index (κ3) is 4.49. The number of hydrogen-bond acceptors (Lipinski definition) is 2. The van der Waals surface area contributed by atoms with Gasteiger partial charge in [0.2, 0.25) is 5.91 Å². The average Bonchev–Trinajstić information content (AvgIpc) is 2.26. The first-order valence-corrected chi connectivity index (χ1v) is 6.64. The van der Waals surface area contributed by atoms with Crippen molar-refractivity contribution in [3.05, 3.63) is 0 Å². The van der Waals surface area contributed by atoms with Crippen LogP contribution >= 0.6 is 0 Å². The highest BCUT2D eigenvalue weighted by molar-refractivity contribution is 5.81. The fraction of sp³-hybridized carbons (Fsp3) is 0.857. The molecule has 0 saturated carbocycles. The van der Waals surface area contributed by atoms with Gasteiger partial charge in [-0.25, -0.2) is 0 Å². The van der Waals surface area contributed by atoms with Gasteiger partial charge in [-0.2, -0.15) is 0 Å². The molecule has 3 heteroatoms.